The van der Waals surface area contributed by atoms with E-state index in [1.54, 1.807) is 0 Å². The van der Waals surface area contributed by atoms with Crippen molar-refractivity contribution in [3.05, 3.63) is 35.1 Å². The van der Waals surface area contributed by atoms with Gasteiger partial charge in [0.2, 0.25) is 0 Å². The van der Waals surface area contributed by atoms with Gasteiger partial charge in [-0.1, -0.05) is 6.07 Å². The van der Waals surface area contributed by atoms with Crippen LogP contribution in [0.5, 0.6) is 0 Å². The van der Waals surface area contributed by atoms with E-state index in [1.807, 2.05) is 12.1 Å². The molecular formula is C9H5FN2. The largest absolute Gasteiger partial charge is 0.207 e. The van der Waals surface area contributed by atoms with E-state index >= 15 is 0 Å². The monoisotopic (exact) mass is 160 g/mol. The second-order valence-corrected chi connectivity index (χ2v) is 2.21. The highest BCUT2D eigenvalue weighted by atomic mass is 19.1. The minimum absolute atomic E-state index is 0.0600. The lowest BCUT2D eigenvalue weighted by Crippen LogP contribution is -1.92. The van der Waals surface area contributed by atoms with Crippen molar-refractivity contribution >= 4 is 0 Å². The molecule has 0 aromatic heterocycles. The Balaban J connectivity index is 3.24. The normalized spacial score (nSPS) is 8.58. The number of benzene rings is 1. The molecular weight excluding hydrogens is 155 g/mol. The minimum atomic E-state index is -0.490. The fourth-order valence-electron chi connectivity index (χ4n) is 0.922. The summed E-state index contributed by atoms with van der Waals surface area (Å²) in [6, 6.07) is 7.83. The molecule has 12 heavy (non-hydrogen) atoms. The summed E-state index contributed by atoms with van der Waals surface area (Å²) in [4.78, 5) is 0. The highest BCUT2D eigenvalue weighted by Crippen LogP contribution is 2.12. The molecule has 0 N–H and O–H groups in total. The first-order valence-corrected chi connectivity index (χ1v) is 3.34. The first-order chi connectivity index (χ1) is 5.79. The van der Waals surface area contributed by atoms with Gasteiger partial charge in [0.25, 0.3) is 0 Å². The molecule has 0 heterocycles. The van der Waals surface area contributed by atoms with Crippen LogP contribution in [0, 0.1) is 28.5 Å². The Kier molecular flexibility index (Phi) is 2.40. The van der Waals surface area contributed by atoms with Gasteiger partial charge in [0, 0.05) is 5.56 Å². The first-order valence-electron chi connectivity index (χ1n) is 3.34. The second-order valence-electron chi connectivity index (χ2n) is 2.21. The van der Waals surface area contributed by atoms with Crippen molar-refractivity contribution in [3.63, 3.8) is 0 Å². The van der Waals surface area contributed by atoms with E-state index in [2.05, 4.69) is 0 Å². The zero-order valence-electron chi connectivity index (χ0n) is 6.21. The van der Waals surface area contributed by atoms with Gasteiger partial charge in [-0.25, -0.2) is 4.39 Å². The zero-order valence-corrected chi connectivity index (χ0v) is 6.21. The van der Waals surface area contributed by atoms with E-state index < -0.39 is 5.82 Å². The molecule has 0 aliphatic carbocycles. The van der Waals surface area contributed by atoms with Gasteiger partial charge >= 0.3 is 0 Å². The van der Waals surface area contributed by atoms with Crippen molar-refractivity contribution in [2.24, 2.45) is 0 Å². The molecule has 1 aromatic rings. The third kappa shape index (κ3) is 1.41. The number of hydrogen-bond acceptors (Lipinski definition) is 2. The quantitative estimate of drug-likeness (QED) is 0.628. The number of nitriles is 2. The van der Waals surface area contributed by atoms with Gasteiger partial charge < -0.3 is 0 Å². The molecule has 0 spiro atoms. The second kappa shape index (κ2) is 3.50. The zero-order chi connectivity index (χ0) is 8.97. The lowest BCUT2D eigenvalue weighted by atomic mass is 10.1. The van der Waals surface area contributed by atoms with Crippen molar-refractivity contribution in [2.75, 3.05) is 0 Å². The number of halogens is 1. The molecule has 0 bridgehead atoms. The Bertz CT molecular complexity index is 371. The van der Waals surface area contributed by atoms with Crippen LogP contribution < -0.4 is 0 Å². The van der Waals surface area contributed by atoms with Crippen molar-refractivity contribution in [2.45, 2.75) is 6.42 Å². The summed E-state index contributed by atoms with van der Waals surface area (Å²) < 4.78 is 12.9. The molecule has 0 atom stereocenters. The van der Waals surface area contributed by atoms with Crippen molar-refractivity contribution in [1.29, 1.82) is 10.5 Å². The van der Waals surface area contributed by atoms with Gasteiger partial charge in [0.05, 0.1) is 24.1 Å². The van der Waals surface area contributed by atoms with E-state index in [9.17, 15) is 4.39 Å². The van der Waals surface area contributed by atoms with Crippen LogP contribution in [-0.2, 0) is 6.42 Å². The Hall–Kier alpha value is -1.87. The van der Waals surface area contributed by atoms with Crippen LogP contribution in [-0.4, -0.2) is 0 Å². The van der Waals surface area contributed by atoms with E-state index in [0.717, 1.165) is 0 Å². The summed E-state index contributed by atoms with van der Waals surface area (Å²) >= 11 is 0. The fourth-order valence-corrected chi connectivity index (χ4v) is 0.922. The third-order valence-corrected chi connectivity index (χ3v) is 1.50. The Morgan fingerprint density at radius 1 is 1.33 bits per heavy atom. The summed E-state index contributed by atoms with van der Waals surface area (Å²) in [5.74, 6) is -0.490. The first kappa shape index (κ1) is 8.23. The van der Waals surface area contributed by atoms with E-state index in [0.29, 0.717) is 0 Å². The minimum Gasteiger partial charge on any atom is -0.207 e. The molecule has 0 aliphatic heterocycles. The van der Waals surface area contributed by atoms with Crippen LogP contribution in [0.2, 0.25) is 0 Å². The van der Waals surface area contributed by atoms with Crippen molar-refractivity contribution in [1.82, 2.24) is 0 Å². The average molecular weight is 160 g/mol. The van der Waals surface area contributed by atoms with Gasteiger partial charge in [0.15, 0.2) is 0 Å². The molecule has 0 fully saturated rings. The molecule has 0 unspecified atom stereocenters. The van der Waals surface area contributed by atoms with Crippen LogP contribution in [0.1, 0.15) is 11.1 Å². The molecule has 0 saturated heterocycles. The maximum atomic E-state index is 12.9. The van der Waals surface area contributed by atoms with Crippen LogP contribution >= 0.6 is 0 Å². The van der Waals surface area contributed by atoms with Gasteiger partial charge in [-0.05, 0) is 12.1 Å². The summed E-state index contributed by atoms with van der Waals surface area (Å²) in [7, 11) is 0. The number of rotatable bonds is 1. The van der Waals surface area contributed by atoms with Gasteiger partial charge in [-0.3, -0.25) is 0 Å². The summed E-state index contributed by atoms with van der Waals surface area (Å²) in [5.41, 5.74) is 0.416. The van der Waals surface area contributed by atoms with E-state index in [-0.39, 0.29) is 17.5 Å². The van der Waals surface area contributed by atoms with E-state index in [4.69, 9.17) is 10.5 Å². The average Bonchev–Trinajstić information content (AvgIpc) is 2.09. The molecule has 0 radical (unpaired) electrons. The molecule has 0 aliphatic rings. The lowest BCUT2D eigenvalue weighted by Gasteiger charge is -1.98. The fraction of sp³-hybridized carbons (Fsp3) is 0.111. The highest BCUT2D eigenvalue weighted by molar-refractivity contribution is 5.39. The Morgan fingerprint density at radius 2 is 2.08 bits per heavy atom. The predicted molar refractivity (Wildman–Crippen MR) is 40.4 cm³/mol. The standard InChI is InChI=1S/C9H5FN2/c10-9-3-1-2-7(6-12)8(9)4-5-11/h1-3H,4H2. The molecule has 58 valence electrons. The van der Waals surface area contributed by atoms with Gasteiger partial charge in [-0.15, -0.1) is 0 Å². The van der Waals surface area contributed by atoms with Crippen LogP contribution in [0.15, 0.2) is 18.2 Å². The smallest absolute Gasteiger partial charge is 0.128 e. The third-order valence-electron chi connectivity index (χ3n) is 1.50. The maximum absolute atomic E-state index is 12.9. The number of nitrogens with zero attached hydrogens (tertiary/aromatic N) is 2. The molecule has 3 heteroatoms. The van der Waals surface area contributed by atoms with E-state index in [1.165, 1.54) is 18.2 Å². The molecule has 0 saturated carbocycles. The molecule has 0 amide bonds. The summed E-state index contributed by atoms with van der Waals surface area (Å²) in [6.07, 6.45) is -0.0600. The topological polar surface area (TPSA) is 47.6 Å². The highest BCUT2D eigenvalue weighted by Gasteiger charge is 2.06. The molecule has 1 rings (SSSR count). The predicted octanol–water partition coefficient (Wildman–Crippen LogP) is 1.76. The van der Waals surface area contributed by atoms with Crippen LogP contribution in [0.4, 0.5) is 4.39 Å². The molecule has 1 aromatic carbocycles. The summed E-state index contributed by atoms with van der Waals surface area (Å²) in [5, 5.41) is 16.9. The maximum Gasteiger partial charge on any atom is 0.128 e. The lowest BCUT2D eigenvalue weighted by molar-refractivity contribution is 0.614. The van der Waals surface area contributed by atoms with Gasteiger partial charge in [-0.2, -0.15) is 10.5 Å². The Morgan fingerprint density at radius 3 is 2.67 bits per heavy atom. The number of hydrogen-bond donors (Lipinski definition) is 0. The van der Waals surface area contributed by atoms with Gasteiger partial charge in [0.1, 0.15) is 5.82 Å². The van der Waals surface area contributed by atoms with Crippen LogP contribution in [0.25, 0.3) is 0 Å². The van der Waals surface area contributed by atoms with Crippen molar-refractivity contribution < 1.29 is 4.39 Å². The Labute approximate surface area is 69.5 Å². The van der Waals surface area contributed by atoms with Crippen molar-refractivity contribution in [3.8, 4) is 12.1 Å². The SMILES string of the molecule is N#CCc1c(F)cccc1C#N. The molecule has 2 nitrogen and oxygen atoms in total. The van der Waals surface area contributed by atoms with Crippen LogP contribution in [0.3, 0.4) is 0 Å². The summed E-state index contributed by atoms with van der Waals surface area (Å²) in [6.45, 7) is 0.